The fourth-order valence-corrected chi connectivity index (χ4v) is 1.40. The molecule has 0 aliphatic carbocycles. The smallest absolute Gasteiger partial charge is 0.326 e. The van der Waals surface area contributed by atoms with E-state index in [0.29, 0.717) is 19.5 Å². The van der Waals surface area contributed by atoms with Gasteiger partial charge in [-0.05, 0) is 12.8 Å². The first kappa shape index (κ1) is 11.6. The van der Waals surface area contributed by atoms with E-state index in [4.69, 9.17) is 5.11 Å². The number of nitrogens with one attached hydrogen (secondary N) is 1. The van der Waals surface area contributed by atoms with Crippen molar-refractivity contribution in [3.8, 4) is 0 Å². The van der Waals surface area contributed by atoms with Crippen molar-refractivity contribution in [3.63, 3.8) is 0 Å². The predicted octanol–water partition coefficient (Wildman–Crippen LogP) is 0.821. The van der Waals surface area contributed by atoms with Gasteiger partial charge in [-0.1, -0.05) is 19.1 Å². The van der Waals surface area contributed by atoms with Crippen molar-refractivity contribution in [2.45, 2.75) is 25.8 Å². The van der Waals surface area contributed by atoms with Crippen LogP contribution in [0.3, 0.4) is 0 Å². The predicted molar refractivity (Wildman–Crippen MR) is 55.6 cm³/mol. The van der Waals surface area contributed by atoms with E-state index < -0.39 is 12.0 Å². The number of carbonyl (C=O) groups is 2. The number of aliphatic carboxylic acids is 1. The zero-order valence-electron chi connectivity index (χ0n) is 8.77. The van der Waals surface area contributed by atoms with Crippen LogP contribution >= 0.6 is 0 Å². The van der Waals surface area contributed by atoms with Crippen LogP contribution in [-0.4, -0.2) is 41.1 Å². The average molecular weight is 212 g/mol. The van der Waals surface area contributed by atoms with Gasteiger partial charge in [-0.25, -0.2) is 9.59 Å². The molecular weight excluding hydrogens is 196 g/mol. The van der Waals surface area contributed by atoms with Gasteiger partial charge >= 0.3 is 12.0 Å². The third kappa shape index (κ3) is 3.27. The summed E-state index contributed by atoms with van der Waals surface area (Å²) in [5.74, 6) is -0.988. The molecule has 0 saturated carbocycles. The topological polar surface area (TPSA) is 69.6 Å². The van der Waals surface area contributed by atoms with E-state index in [1.165, 1.54) is 0 Å². The van der Waals surface area contributed by atoms with Crippen molar-refractivity contribution < 1.29 is 14.7 Å². The van der Waals surface area contributed by atoms with Crippen LogP contribution in [-0.2, 0) is 4.79 Å². The lowest BCUT2D eigenvalue weighted by Gasteiger charge is -2.25. The van der Waals surface area contributed by atoms with Crippen molar-refractivity contribution in [2.24, 2.45) is 0 Å². The molecule has 0 fully saturated rings. The summed E-state index contributed by atoms with van der Waals surface area (Å²) in [6.07, 6.45) is 5.14. The highest BCUT2D eigenvalue weighted by Gasteiger charge is 2.21. The lowest BCUT2D eigenvalue weighted by atomic mass is 10.2. The SMILES string of the molecule is CC[C@H](NC(=O)N1CC=CCC1)C(=O)O. The Balaban J connectivity index is 2.46. The molecule has 2 amide bonds. The Morgan fingerprint density at radius 2 is 2.27 bits per heavy atom. The minimum absolute atomic E-state index is 0.298. The molecule has 2 N–H and O–H groups in total. The van der Waals surface area contributed by atoms with Crippen molar-refractivity contribution in [1.82, 2.24) is 10.2 Å². The number of hydrogen-bond donors (Lipinski definition) is 2. The Hall–Kier alpha value is -1.52. The van der Waals surface area contributed by atoms with E-state index in [0.717, 1.165) is 6.42 Å². The zero-order valence-corrected chi connectivity index (χ0v) is 8.77. The largest absolute Gasteiger partial charge is 0.480 e. The van der Waals surface area contributed by atoms with Crippen molar-refractivity contribution in [1.29, 1.82) is 0 Å². The molecule has 5 nitrogen and oxygen atoms in total. The molecule has 0 radical (unpaired) electrons. The highest BCUT2D eigenvalue weighted by atomic mass is 16.4. The molecule has 0 aromatic carbocycles. The van der Waals surface area contributed by atoms with Gasteiger partial charge in [0.2, 0.25) is 0 Å². The molecule has 0 aromatic rings. The van der Waals surface area contributed by atoms with E-state index in [1.807, 2.05) is 12.2 Å². The zero-order chi connectivity index (χ0) is 11.3. The molecule has 15 heavy (non-hydrogen) atoms. The van der Waals surface area contributed by atoms with E-state index in [1.54, 1.807) is 11.8 Å². The Morgan fingerprint density at radius 3 is 2.73 bits per heavy atom. The number of nitrogens with zero attached hydrogens (tertiary/aromatic N) is 1. The normalized spacial score (nSPS) is 17.3. The first-order chi connectivity index (χ1) is 7.15. The van der Waals surface area contributed by atoms with E-state index in [9.17, 15) is 9.59 Å². The van der Waals surface area contributed by atoms with Crippen LogP contribution in [0.15, 0.2) is 12.2 Å². The van der Waals surface area contributed by atoms with Gasteiger partial charge in [0.15, 0.2) is 0 Å². The van der Waals surface area contributed by atoms with Crippen LogP contribution < -0.4 is 5.32 Å². The standard InChI is InChI=1S/C10H16N2O3/c1-2-8(9(13)14)11-10(15)12-6-4-3-5-7-12/h3-4,8H,2,5-7H2,1H3,(H,11,15)(H,13,14)/t8-/m0/s1. The number of hydrogen-bond acceptors (Lipinski definition) is 2. The second kappa shape index (κ2) is 5.38. The van der Waals surface area contributed by atoms with Crippen LogP contribution in [0.1, 0.15) is 19.8 Å². The second-order valence-electron chi connectivity index (χ2n) is 3.45. The Bertz CT molecular complexity index is 276. The van der Waals surface area contributed by atoms with Crippen molar-refractivity contribution >= 4 is 12.0 Å². The number of rotatable bonds is 3. The summed E-state index contributed by atoms with van der Waals surface area (Å²) in [7, 11) is 0. The average Bonchev–Trinajstić information content (AvgIpc) is 2.26. The molecular formula is C10H16N2O3. The molecule has 0 saturated heterocycles. The first-order valence-electron chi connectivity index (χ1n) is 5.08. The van der Waals surface area contributed by atoms with Gasteiger partial charge in [0.25, 0.3) is 0 Å². The van der Waals surface area contributed by atoms with Crippen molar-refractivity contribution in [3.05, 3.63) is 12.2 Å². The van der Waals surface area contributed by atoms with Crippen LogP contribution in [0, 0.1) is 0 Å². The summed E-state index contributed by atoms with van der Waals surface area (Å²) in [6.45, 7) is 2.94. The number of carboxylic acid groups (broad SMARTS) is 1. The molecule has 84 valence electrons. The van der Waals surface area contributed by atoms with Gasteiger partial charge < -0.3 is 15.3 Å². The monoisotopic (exact) mass is 212 g/mol. The van der Waals surface area contributed by atoms with Crippen LogP contribution in [0.25, 0.3) is 0 Å². The molecule has 0 aromatic heterocycles. The Labute approximate surface area is 88.8 Å². The minimum Gasteiger partial charge on any atom is -0.480 e. The van der Waals surface area contributed by atoms with Crippen LogP contribution in [0.5, 0.6) is 0 Å². The second-order valence-corrected chi connectivity index (χ2v) is 3.45. The molecule has 1 rings (SSSR count). The van der Waals surface area contributed by atoms with E-state index in [2.05, 4.69) is 5.32 Å². The van der Waals surface area contributed by atoms with Gasteiger partial charge in [-0.2, -0.15) is 0 Å². The number of carbonyl (C=O) groups excluding carboxylic acids is 1. The molecule has 5 heteroatoms. The fourth-order valence-electron chi connectivity index (χ4n) is 1.40. The van der Waals surface area contributed by atoms with E-state index in [-0.39, 0.29) is 6.03 Å². The molecule has 0 unspecified atom stereocenters. The maximum Gasteiger partial charge on any atom is 0.326 e. The summed E-state index contributed by atoms with van der Waals surface area (Å²) >= 11 is 0. The summed E-state index contributed by atoms with van der Waals surface area (Å²) in [5, 5.41) is 11.3. The number of carboxylic acids is 1. The summed E-state index contributed by atoms with van der Waals surface area (Å²) in [4.78, 5) is 23.9. The lowest BCUT2D eigenvalue weighted by molar-refractivity contribution is -0.139. The van der Waals surface area contributed by atoms with Gasteiger partial charge in [-0.15, -0.1) is 0 Å². The molecule has 1 heterocycles. The van der Waals surface area contributed by atoms with Gasteiger partial charge in [0.1, 0.15) is 6.04 Å². The van der Waals surface area contributed by atoms with Crippen LogP contribution in [0.2, 0.25) is 0 Å². The maximum atomic E-state index is 11.6. The molecule has 1 atom stereocenters. The van der Waals surface area contributed by atoms with Crippen molar-refractivity contribution in [2.75, 3.05) is 13.1 Å². The first-order valence-corrected chi connectivity index (χ1v) is 5.08. The van der Waals surface area contributed by atoms with Crippen LogP contribution in [0.4, 0.5) is 4.79 Å². The molecule has 0 spiro atoms. The number of urea groups is 1. The minimum atomic E-state index is -0.988. The molecule has 0 bridgehead atoms. The highest BCUT2D eigenvalue weighted by molar-refractivity contribution is 5.82. The molecule has 1 aliphatic heterocycles. The van der Waals surface area contributed by atoms with Gasteiger partial charge in [0, 0.05) is 13.1 Å². The van der Waals surface area contributed by atoms with E-state index >= 15 is 0 Å². The summed E-state index contributed by atoms with van der Waals surface area (Å²) in [5.41, 5.74) is 0. The Morgan fingerprint density at radius 1 is 1.53 bits per heavy atom. The fraction of sp³-hybridized carbons (Fsp3) is 0.600. The molecule has 1 aliphatic rings. The van der Waals surface area contributed by atoms with Gasteiger partial charge in [-0.3, -0.25) is 0 Å². The van der Waals surface area contributed by atoms with Gasteiger partial charge in [0.05, 0.1) is 0 Å². The maximum absolute atomic E-state index is 11.6. The Kier molecular flexibility index (Phi) is 4.15. The lowest BCUT2D eigenvalue weighted by Crippen LogP contribution is -2.48. The summed E-state index contributed by atoms with van der Waals surface area (Å²) in [6, 6.07) is -1.09. The third-order valence-corrected chi connectivity index (χ3v) is 2.35. The number of amides is 2. The third-order valence-electron chi connectivity index (χ3n) is 2.35. The summed E-state index contributed by atoms with van der Waals surface area (Å²) < 4.78 is 0. The quantitative estimate of drug-likeness (QED) is 0.680. The highest BCUT2D eigenvalue weighted by Crippen LogP contribution is 2.02.